The van der Waals surface area contributed by atoms with Crippen molar-refractivity contribution in [3.63, 3.8) is 0 Å². The van der Waals surface area contributed by atoms with E-state index >= 15 is 0 Å². The third-order valence-electron chi connectivity index (χ3n) is 7.14. The first-order valence-corrected chi connectivity index (χ1v) is 15.5. The topological polar surface area (TPSA) is 130 Å². The molecule has 0 aliphatic rings. The highest BCUT2D eigenvalue weighted by Gasteiger charge is 2.21. The van der Waals surface area contributed by atoms with Crippen molar-refractivity contribution in [2.24, 2.45) is 5.73 Å². The van der Waals surface area contributed by atoms with Crippen molar-refractivity contribution < 1.29 is 19.2 Å². The molecule has 0 heterocycles. The molecule has 230 valence electrons. The van der Waals surface area contributed by atoms with Gasteiger partial charge in [0.2, 0.25) is 5.91 Å². The highest BCUT2D eigenvalue weighted by atomic mass is 32.2. The minimum Gasteiger partial charge on any atom is -0.366 e. The van der Waals surface area contributed by atoms with Crippen LogP contribution in [-0.4, -0.2) is 28.9 Å². The summed E-state index contributed by atoms with van der Waals surface area (Å²) in [5.41, 5.74) is 7.80. The van der Waals surface area contributed by atoms with Gasteiger partial charge in [0.15, 0.2) is 0 Å². The molecule has 0 fully saturated rings. The lowest BCUT2D eigenvalue weighted by molar-refractivity contribution is -0.116. The fourth-order valence-electron chi connectivity index (χ4n) is 4.83. The lowest BCUT2D eigenvalue weighted by Gasteiger charge is -2.17. The zero-order valence-electron chi connectivity index (χ0n) is 25.0. The summed E-state index contributed by atoms with van der Waals surface area (Å²) in [5, 5.41) is 9.96. The Balaban J connectivity index is 1.37. The number of primary amides is 1. The number of rotatable bonds is 11. The van der Waals surface area contributed by atoms with Gasteiger partial charge in [-0.3, -0.25) is 19.2 Å². The summed E-state index contributed by atoms with van der Waals surface area (Å²) in [7, 11) is 0. The van der Waals surface area contributed by atoms with Gasteiger partial charge in [0.25, 0.3) is 17.7 Å². The molecule has 0 spiro atoms. The van der Waals surface area contributed by atoms with Crippen LogP contribution in [0.4, 0.5) is 11.4 Å². The summed E-state index contributed by atoms with van der Waals surface area (Å²) in [4.78, 5) is 52.5. The van der Waals surface area contributed by atoms with Gasteiger partial charge in [0, 0.05) is 16.1 Å². The van der Waals surface area contributed by atoms with Gasteiger partial charge in [-0.25, -0.2) is 0 Å². The van der Waals surface area contributed by atoms with Crippen molar-refractivity contribution in [2.75, 3.05) is 10.6 Å². The Bertz CT molecular complexity index is 1940. The molecular formula is C37H32N4O4S. The van der Waals surface area contributed by atoms with E-state index in [1.165, 1.54) is 11.8 Å². The van der Waals surface area contributed by atoms with Gasteiger partial charge < -0.3 is 21.7 Å². The molecule has 0 aromatic heterocycles. The Morgan fingerprint density at radius 2 is 1.48 bits per heavy atom. The van der Waals surface area contributed by atoms with Gasteiger partial charge in [-0.15, -0.1) is 11.8 Å². The quantitative estimate of drug-likeness (QED) is 0.0938. The molecule has 5 rings (SSSR count). The van der Waals surface area contributed by atoms with Crippen LogP contribution in [-0.2, 0) is 9.59 Å². The number of benzene rings is 5. The van der Waals surface area contributed by atoms with Crippen LogP contribution in [0.2, 0.25) is 0 Å². The molecular weight excluding hydrogens is 596 g/mol. The van der Waals surface area contributed by atoms with Crippen molar-refractivity contribution in [1.29, 1.82) is 0 Å². The first-order valence-electron chi connectivity index (χ1n) is 14.7. The molecule has 5 aromatic carbocycles. The van der Waals surface area contributed by atoms with Crippen LogP contribution in [0.1, 0.15) is 39.6 Å². The van der Waals surface area contributed by atoms with Crippen molar-refractivity contribution in [3.8, 4) is 0 Å². The van der Waals surface area contributed by atoms with Crippen molar-refractivity contribution in [1.82, 2.24) is 5.32 Å². The van der Waals surface area contributed by atoms with Crippen LogP contribution in [0, 0.1) is 0 Å². The number of amides is 4. The second-order valence-corrected chi connectivity index (χ2v) is 11.6. The maximum Gasteiger partial charge on any atom is 0.272 e. The predicted octanol–water partition coefficient (Wildman–Crippen LogP) is 6.86. The number of hydrogen-bond donors (Lipinski definition) is 4. The summed E-state index contributed by atoms with van der Waals surface area (Å²) < 4.78 is 0. The Morgan fingerprint density at radius 3 is 2.26 bits per heavy atom. The Kier molecular flexibility index (Phi) is 10.3. The first-order chi connectivity index (χ1) is 22.3. The van der Waals surface area contributed by atoms with Crippen LogP contribution >= 0.6 is 11.8 Å². The van der Waals surface area contributed by atoms with E-state index in [1.807, 2.05) is 61.5 Å². The number of fused-ring (bicyclic) bond motifs is 1. The molecule has 5 N–H and O–H groups in total. The van der Waals surface area contributed by atoms with Crippen molar-refractivity contribution in [2.45, 2.75) is 23.5 Å². The summed E-state index contributed by atoms with van der Waals surface area (Å²) in [6, 6.07) is 36.0. The van der Waals surface area contributed by atoms with E-state index < -0.39 is 23.0 Å². The zero-order chi connectivity index (χ0) is 32.5. The fourth-order valence-corrected chi connectivity index (χ4v) is 5.84. The lowest BCUT2D eigenvalue weighted by Crippen LogP contribution is -2.30. The summed E-state index contributed by atoms with van der Waals surface area (Å²) in [6.45, 7) is 1.89. The molecule has 0 aliphatic heterocycles. The minimum atomic E-state index is -0.631. The predicted molar refractivity (Wildman–Crippen MR) is 184 cm³/mol. The van der Waals surface area contributed by atoms with Gasteiger partial charge in [-0.1, -0.05) is 85.8 Å². The van der Waals surface area contributed by atoms with E-state index in [-0.39, 0.29) is 17.2 Å². The largest absolute Gasteiger partial charge is 0.366 e. The lowest BCUT2D eigenvalue weighted by atomic mass is 10.0. The number of anilines is 2. The number of carbonyl (C=O) groups excluding carboxylic acids is 4. The fraction of sp³-hybridized carbons (Fsp3) is 0.0811. The number of carbonyl (C=O) groups is 4. The standard InChI is InChI=1S/C37H32N4O4S/c1-2-33(37(45)40-31-21-9-8-20-30(31)34(38)42)46-28-18-11-17-27(23-28)39-36(44)32(41-35(43)25-13-4-3-5-14-25)22-26-16-10-15-24-12-6-7-19-29(24)26/h3-23,33H,2H2,1H3,(H2,38,42)(H,39,44)(H,40,45)(H,41,43)/b32-22+. The monoisotopic (exact) mass is 628 g/mol. The van der Waals surface area contributed by atoms with Crippen LogP contribution in [0.5, 0.6) is 0 Å². The maximum absolute atomic E-state index is 13.7. The average molecular weight is 629 g/mol. The van der Waals surface area contributed by atoms with E-state index in [1.54, 1.807) is 72.8 Å². The van der Waals surface area contributed by atoms with Gasteiger partial charge in [0.1, 0.15) is 5.70 Å². The molecule has 0 aliphatic carbocycles. The number of hydrogen-bond acceptors (Lipinski definition) is 5. The van der Waals surface area contributed by atoms with E-state index in [0.717, 1.165) is 21.2 Å². The molecule has 0 saturated carbocycles. The summed E-state index contributed by atoms with van der Waals surface area (Å²) in [6.07, 6.45) is 2.17. The third kappa shape index (κ3) is 7.88. The van der Waals surface area contributed by atoms with Gasteiger partial charge in [0.05, 0.1) is 16.5 Å². The highest BCUT2D eigenvalue weighted by Crippen LogP contribution is 2.29. The molecule has 4 amide bonds. The third-order valence-corrected chi connectivity index (χ3v) is 8.49. The van der Waals surface area contributed by atoms with Crippen molar-refractivity contribution >= 4 is 63.6 Å². The molecule has 0 bridgehead atoms. The molecule has 0 saturated heterocycles. The molecule has 0 radical (unpaired) electrons. The molecule has 8 nitrogen and oxygen atoms in total. The molecule has 1 atom stereocenters. The molecule has 9 heteroatoms. The SMILES string of the molecule is CCC(Sc1cccc(NC(=O)/C(=C\c2cccc3ccccc23)NC(=O)c2ccccc2)c1)C(=O)Nc1ccccc1C(N)=O. The Labute approximate surface area is 271 Å². The second kappa shape index (κ2) is 14.9. The van der Waals surface area contributed by atoms with Crippen molar-refractivity contribution in [3.05, 3.63) is 144 Å². The number of para-hydroxylation sites is 1. The summed E-state index contributed by atoms with van der Waals surface area (Å²) >= 11 is 1.33. The van der Waals surface area contributed by atoms with Gasteiger partial charge in [-0.05, 0) is 71.3 Å². The number of nitrogens with two attached hydrogens (primary N) is 1. The molecule has 1 unspecified atom stereocenters. The summed E-state index contributed by atoms with van der Waals surface area (Å²) in [5.74, 6) is -1.83. The molecule has 5 aromatic rings. The first kappa shape index (κ1) is 31.7. The Morgan fingerprint density at radius 1 is 0.783 bits per heavy atom. The van der Waals surface area contributed by atoms with Crippen LogP contribution in [0.15, 0.2) is 132 Å². The second-order valence-electron chi connectivity index (χ2n) is 10.3. The van der Waals surface area contributed by atoms with E-state index in [2.05, 4.69) is 16.0 Å². The van der Waals surface area contributed by atoms with Crippen LogP contribution in [0.25, 0.3) is 16.8 Å². The van der Waals surface area contributed by atoms with Crippen LogP contribution in [0.3, 0.4) is 0 Å². The van der Waals surface area contributed by atoms with E-state index in [9.17, 15) is 19.2 Å². The zero-order valence-corrected chi connectivity index (χ0v) is 25.8. The van der Waals surface area contributed by atoms with E-state index in [4.69, 9.17) is 5.73 Å². The highest BCUT2D eigenvalue weighted by molar-refractivity contribution is 8.00. The number of nitrogens with one attached hydrogen (secondary N) is 3. The Hall–Kier alpha value is -5.67. The van der Waals surface area contributed by atoms with Crippen LogP contribution < -0.4 is 21.7 Å². The normalized spacial score (nSPS) is 11.8. The van der Waals surface area contributed by atoms with E-state index in [0.29, 0.717) is 23.4 Å². The maximum atomic E-state index is 13.7. The van der Waals surface area contributed by atoms with Gasteiger partial charge >= 0.3 is 0 Å². The average Bonchev–Trinajstić information content (AvgIpc) is 3.07. The van der Waals surface area contributed by atoms with Gasteiger partial charge in [-0.2, -0.15) is 0 Å². The smallest absolute Gasteiger partial charge is 0.272 e. The minimum absolute atomic E-state index is 0.0715. The molecule has 46 heavy (non-hydrogen) atoms. The number of thioether (sulfide) groups is 1.